The fourth-order valence-electron chi connectivity index (χ4n) is 3.01. The highest BCUT2D eigenvalue weighted by atomic mass is 16.4. The molecule has 2 heterocycles. The summed E-state index contributed by atoms with van der Waals surface area (Å²) in [5.41, 5.74) is 2.06. The van der Waals surface area contributed by atoms with Crippen LogP contribution in [0.15, 0.2) is 18.2 Å². The van der Waals surface area contributed by atoms with Gasteiger partial charge in [-0.1, -0.05) is 6.08 Å². The molecule has 1 fully saturated rings. The van der Waals surface area contributed by atoms with Gasteiger partial charge in [0.15, 0.2) is 0 Å². The lowest BCUT2D eigenvalue weighted by atomic mass is 10.0. The average molecular weight is 348 g/mol. The van der Waals surface area contributed by atoms with Gasteiger partial charge in [0.25, 0.3) is 0 Å². The highest BCUT2D eigenvalue weighted by Gasteiger charge is 2.26. The molecule has 25 heavy (non-hydrogen) atoms. The number of aromatic nitrogens is 2. The largest absolute Gasteiger partial charge is 0.626 e. The summed E-state index contributed by atoms with van der Waals surface area (Å²) < 4.78 is 1.96. The molecular weight excluding hydrogens is 322 g/mol. The van der Waals surface area contributed by atoms with E-state index >= 15 is 0 Å². The molecule has 0 saturated heterocycles. The summed E-state index contributed by atoms with van der Waals surface area (Å²) in [6.07, 6.45) is 5.87. The van der Waals surface area contributed by atoms with E-state index in [-0.39, 0.29) is 17.9 Å². The van der Waals surface area contributed by atoms with Crippen molar-refractivity contribution in [3.05, 3.63) is 29.6 Å². The molecule has 8 heteroatoms. The number of aryl methyl sites for hydroxylation is 1. The molecule has 0 aromatic carbocycles. The summed E-state index contributed by atoms with van der Waals surface area (Å²) in [6.45, 7) is 3.79. The Morgan fingerprint density at radius 3 is 2.96 bits per heavy atom. The lowest BCUT2D eigenvalue weighted by Crippen LogP contribution is -2.31. The smallest absolute Gasteiger partial charge is 0.547 e. The quantitative estimate of drug-likeness (QED) is 0.463. The summed E-state index contributed by atoms with van der Waals surface area (Å²) in [5.74, 6) is 0.0299. The predicted molar refractivity (Wildman–Crippen MR) is 93.3 cm³/mol. The van der Waals surface area contributed by atoms with E-state index in [9.17, 15) is 9.59 Å². The van der Waals surface area contributed by atoms with Crippen LogP contribution in [0.2, 0.25) is 0 Å². The van der Waals surface area contributed by atoms with E-state index in [0.717, 1.165) is 11.4 Å². The van der Waals surface area contributed by atoms with Gasteiger partial charge in [-0.25, -0.2) is 0 Å². The number of rotatable bonds is 8. The molecular formula is C17H26N5O3+. The van der Waals surface area contributed by atoms with Crippen LogP contribution in [0.4, 0.5) is 4.79 Å². The first-order valence-electron chi connectivity index (χ1n) is 8.82. The van der Waals surface area contributed by atoms with Gasteiger partial charge in [0.1, 0.15) is 0 Å². The van der Waals surface area contributed by atoms with Gasteiger partial charge in [-0.15, -0.1) is 0 Å². The zero-order valence-corrected chi connectivity index (χ0v) is 14.4. The Morgan fingerprint density at radius 1 is 1.52 bits per heavy atom. The molecule has 2 aliphatic rings. The molecule has 8 nitrogen and oxygen atoms in total. The number of carbonyl (C=O) groups is 2. The van der Waals surface area contributed by atoms with Gasteiger partial charge >= 0.3 is 6.09 Å². The summed E-state index contributed by atoms with van der Waals surface area (Å²) in [6, 6.07) is 2.89. The highest BCUT2D eigenvalue weighted by molar-refractivity contribution is 5.88. The lowest BCUT2D eigenvalue weighted by Gasteiger charge is -2.18. The Morgan fingerprint density at radius 2 is 2.32 bits per heavy atom. The molecule has 2 amide bonds. The minimum absolute atomic E-state index is 0.0653. The number of carbonyl (C=O) groups excluding carboxylic acids is 2. The zero-order valence-electron chi connectivity index (χ0n) is 14.4. The van der Waals surface area contributed by atoms with E-state index in [1.165, 1.54) is 12.8 Å². The van der Waals surface area contributed by atoms with Crippen molar-refractivity contribution < 1.29 is 14.7 Å². The summed E-state index contributed by atoms with van der Waals surface area (Å²) in [5, 5.41) is 20.5. The molecule has 1 aromatic rings. The molecule has 1 aliphatic heterocycles. The van der Waals surface area contributed by atoms with E-state index in [1.54, 1.807) is 6.08 Å². The topological polar surface area (TPSA) is 111 Å². The zero-order chi connectivity index (χ0) is 17.8. The van der Waals surface area contributed by atoms with Crippen LogP contribution in [0.1, 0.15) is 49.5 Å². The maximum atomic E-state index is 11.4. The number of amides is 2. The molecule has 0 radical (unpaired) electrons. The molecule has 1 unspecified atom stereocenters. The summed E-state index contributed by atoms with van der Waals surface area (Å²) in [4.78, 5) is 22.0. The van der Waals surface area contributed by atoms with E-state index in [4.69, 9.17) is 10.2 Å². The van der Waals surface area contributed by atoms with Crippen molar-refractivity contribution >= 4 is 12.0 Å². The van der Waals surface area contributed by atoms with E-state index < -0.39 is 6.09 Å². The van der Waals surface area contributed by atoms with E-state index in [0.29, 0.717) is 32.1 Å². The Bertz CT molecular complexity index is 665. The van der Waals surface area contributed by atoms with Crippen molar-refractivity contribution in [1.29, 1.82) is 0 Å². The summed E-state index contributed by atoms with van der Waals surface area (Å²) >= 11 is 0. The molecule has 5 N–H and O–H groups in total. The number of hydrogen-bond donors (Lipinski definition) is 3. The third kappa shape index (κ3) is 4.82. The molecule has 1 aromatic heterocycles. The maximum Gasteiger partial charge on any atom is 0.626 e. The average Bonchev–Trinajstić information content (AvgIpc) is 3.29. The molecule has 1 aliphatic carbocycles. The Balaban J connectivity index is 1.72. The molecule has 136 valence electrons. The Hall–Kier alpha value is -2.35. The van der Waals surface area contributed by atoms with Crippen LogP contribution in [0, 0.1) is 0 Å². The van der Waals surface area contributed by atoms with E-state index in [2.05, 4.69) is 28.9 Å². The first-order valence-corrected chi connectivity index (χ1v) is 8.82. The van der Waals surface area contributed by atoms with Crippen LogP contribution >= 0.6 is 0 Å². The highest BCUT2D eigenvalue weighted by Crippen LogP contribution is 2.26. The van der Waals surface area contributed by atoms with Gasteiger partial charge < -0.3 is 15.7 Å². The van der Waals surface area contributed by atoms with Gasteiger partial charge in [0.05, 0.1) is 10.5 Å². The third-order valence-corrected chi connectivity index (χ3v) is 4.52. The van der Waals surface area contributed by atoms with Crippen molar-refractivity contribution in [2.24, 2.45) is 0 Å². The minimum Gasteiger partial charge on any atom is -0.547 e. The first kappa shape index (κ1) is 17.5. The van der Waals surface area contributed by atoms with E-state index in [1.807, 2.05) is 10.8 Å². The second-order valence-electron chi connectivity index (χ2n) is 6.70. The normalized spacial score (nSPS) is 21.0. The minimum atomic E-state index is -0.762. The monoisotopic (exact) mass is 348 g/mol. The predicted octanol–water partition coefficient (Wildman–Crippen LogP) is 0.290. The lowest BCUT2D eigenvalue weighted by molar-refractivity contribution is -0.116. The molecule has 3 rings (SSSR count). The fraction of sp³-hybridized carbons (Fsp3) is 0.588. The van der Waals surface area contributed by atoms with Crippen molar-refractivity contribution in [3.63, 3.8) is 0 Å². The number of nitrogens with one attached hydrogen (secondary N) is 3. The SMILES string of the molecule is C[C@@H](NC1CC1)c1cc(C2C=CC(=O)NC2)n(CCCNC(=O)[OH2+])n1. The fourth-order valence-corrected chi connectivity index (χ4v) is 3.01. The standard InChI is InChI=1S/C17H25N5O3/c1-11(20-13-4-5-13)14-9-15(12-3-6-16(23)19-10-12)22(21-14)8-2-7-18-17(24)25/h3,6,9,11-13,18,20H,2,4-5,7-8,10H2,1H3,(H,19,23)(H,24,25)/p+1/t11-,12?/m1/s1. The van der Waals surface area contributed by atoms with Crippen LogP contribution in [0.25, 0.3) is 0 Å². The Labute approximate surface area is 146 Å². The molecule has 0 bridgehead atoms. The molecule has 1 saturated carbocycles. The number of nitrogens with zero attached hydrogens (tertiary/aromatic N) is 2. The second-order valence-corrected chi connectivity index (χ2v) is 6.70. The first-order chi connectivity index (χ1) is 12.0. The van der Waals surface area contributed by atoms with Crippen LogP contribution in [-0.2, 0) is 11.3 Å². The van der Waals surface area contributed by atoms with Gasteiger partial charge in [0.2, 0.25) is 5.91 Å². The van der Waals surface area contributed by atoms with Gasteiger partial charge in [-0.05, 0) is 38.3 Å². The number of hydrogen-bond acceptors (Lipinski definition) is 4. The van der Waals surface area contributed by atoms with Crippen LogP contribution < -0.4 is 16.0 Å². The van der Waals surface area contributed by atoms with Crippen molar-refractivity contribution in [1.82, 2.24) is 25.7 Å². The van der Waals surface area contributed by atoms with Crippen molar-refractivity contribution in [3.8, 4) is 0 Å². The van der Waals surface area contributed by atoms with Crippen molar-refractivity contribution in [2.75, 3.05) is 13.1 Å². The molecule has 0 spiro atoms. The Kier molecular flexibility index (Phi) is 5.37. The third-order valence-electron chi connectivity index (χ3n) is 4.52. The van der Waals surface area contributed by atoms with Crippen molar-refractivity contribution in [2.45, 2.75) is 50.7 Å². The van der Waals surface area contributed by atoms with Gasteiger partial charge in [0, 0.05) is 43.3 Å². The second kappa shape index (κ2) is 7.69. The van der Waals surface area contributed by atoms with Crippen LogP contribution in [0.5, 0.6) is 0 Å². The van der Waals surface area contributed by atoms with Crippen LogP contribution in [0.3, 0.4) is 0 Å². The van der Waals surface area contributed by atoms with Crippen LogP contribution in [-0.4, -0.2) is 46.0 Å². The van der Waals surface area contributed by atoms with Gasteiger partial charge in [-0.2, -0.15) is 5.10 Å². The molecule has 2 atom stereocenters. The summed E-state index contributed by atoms with van der Waals surface area (Å²) in [7, 11) is 0. The maximum absolute atomic E-state index is 11.4. The van der Waals surface area contributed by atoms with Gasteiger partial charge in [-0.3, -0.25) is 14.8 Å².